The molecule has 1 atom stereocenters. The molecule has 0 bridgehead atoms. The van der Waals surface area contributed by atoms with Crippen molar-refractivity contribution < 1.29 is 4.74 Å². The summed E-state index contributed by atoms with van der Waals surface area (Å²) in [7, 11) is 1.98. The number of hydrogen-bond donors (Lipinski definition) is 1. The lowest BCUT2D eigenvalue weighted by atomic mass is 10.2. The second-order valence-electron chi connectivity index (χ2n) is 3.30. The van der Waals surface area contributed by atoms with E-state index in [2.05, 4.69) is 22.8 Å². The Hall–Kier alpha value is -0.420. The van der Waals surface area contributed by atoms with Crippen LogP contribution in [0.5, 0.6) is 0 Å². The first kappa shape index (κ1) is 11.1. The molecule has 2 nitrogen and oxygen atoms in total. The summed E-state index contributed by atoms with van der Waals surface area (Å²) in [5, 5.41) is 5.43. The van der Waals surface area contributed by atoms with Crippen molar-refractivity contribution in [2.45, 2.75) is 13.0 Å². The van der Waals surface area contributed by atoms with Gasteiger partial charge >= 0.3 is 0 Å². The van der Waals surface area contributed by atoms with Crippen LogP contribution < -0.4 is 5.32 Å². The molecule has 0 amide bonds. The highest BCUT2D eigenvalue weighted by molar-refractivity contribution is 7.26. The number of hydrogen-bond acceptors (Lipinski definition) is 4. The van der Waals surface area contributed by atoms with Crippen LogP contribution in [0.2, 0.25) is 0 Å². The fraction of sp³-hybridized carbons (Fsp3) is 0.455. The zero-order chi connectivity index (χ0) is 10.7. The van der Waals surface area contributed by atoms with Crippen molar-refractivity contribution in [2.24, 2.45) is 0 Å². The minimum atomic E-state index is 0.328. The normalized spacial score (nSPS) is 13.5. The smallest absolute Gasteiger partial charge is 0.0669 e. The van der Waals surface area contributed by atoms with Gasteiger partial charge in [0.25, 0.3) is 0 Å². The summed E-state index contributed by atoms with van der Waals surface area (Å²) in [5.74, 6) is 0. The van der Waals surface area contributed by atoms with Crippen molar-refractivity contribution in [3.8, 4) is 0 Å². The lowest BCUT2D eigenvalue weighted by molar-refractivity contribution is 0.126. The molecule has 1 unspecified atom stereocenters. The third kappa shape index (κ3) is 2.39. The Morgan fingerprint density at radius 1 is 1.47 bits per heavy atom. The number of rotatable bonds is 5. The van der Waals surface area contributed by atoms with Crippen molar-refractivity contribution in [2.75, 3.05) is 20.3 Å². The summed E-state index contributed by atoms with van der Waals surface area (Å²) in [4.78, 5) is 1.37. The molecular weight excluding hydrogens is 226 g/mol. The van der Waals surface area contributed by atoms with Crippen LogP contribution in [0.15, 0.2) is 17.5 Å². The lowest BCUT2D eigenvalue weighted by Gasteiger charge is -2.13. The Balaban J connectivity index is 2.16. The van der Waals surface area contributed by atoms with E-state index in [0.717, 1.165) is 13.2 Å². The predicted molar refractivity (Wildman–Crippen MR) is 68.0 cm³/mol. The highest BCUT2D eigenvalue weighted by atomic mass is 32.1. The molecule has 0 aliphatic heterocycles. The van der Waals surface area contributed by atoms with E-state index in [1.165, 1.54) is 14.3 Å². The highest BCUT2D eigenvalue weighted by Crippen LogP contribution is 2.33. The van der Waals surface area contributed by atoms with Gasteiger partial charge in [-0.1, -0.05) is 0 Å². The molecule has 4 heteroatoms. The topological polar surface area (TPSA) is 21.3 Å². The van der Waals surface area contributed by atoms with Crippen LogP contribution in [0, 0.1) is 0 Å². The zero-order valence-corrected chi connectivity index (χ0v) is 10.6. The van der Waals surface area contributed by atoms with Crippen LogP contribution >= 0.6 is 22.7 Å². The Morgan fingerprint density at radius 3 is 3.00 bits per heavy atom. The molecule has 0 fully saturated rings. The maximum atomic E-state index is 5.46. The van der Waals surface area contributed by atoms with E-state index in [0.29, 0.717) is 6.04 Å². The van der Waals surface area contributed by atoms with Gasteiger partial charge in [0.15, 0.2) is 0 Å². The molecule has 2 aromatic rings. The van der Waals surface area contributed by atoms with E-state index in [4.69, 9.17) is 4.74 Å². The third-order valence-corrected chi connectivity index (χ3v) is 4.55. The van der Waals surface area contributed by atoms with Crippen LogP contribution in [-0.2, 0) is 4.74 Å². The molecule has 2 aromatic heterocycles. The average Bonchev–Trinajstić information content (AvgIpc) is 2.79. The molecule has 2 heterocycles. The first-order chi connectivity index (χ1) is 7.35. The van der Waals surface area contributed by atoms with E-state index >= 15 is 0 Å². The molecule has 0 aliphatic rings. The standard InChI is InChI=1S/C11H15NOS2/c1-3-13-7-8(12-2)10-6-11-9(15-10)4-5-14-11/h4-6,8,12H,3,7H2,1-2H3. The van der Waals surface area contributed by atoms with Crippen LogP contribution in [-0.4, -0.2) is 20.3 Å². The Bertz CT molecular complexity index is 392. The summed E-state index contributed by atoms with van der Waals surface area (Å²) in [6.45, 7) is 3.55. The van der Waals surface area contributed by atoms with Gasteiger partial charge in [0, 0.05) is 20.9 Å². The Kier molecular flexibility index (Phi) is 3.75. The summed E-state index contributed by atoms with van der Waals surface area (Å²) >= 11 is 3.66. The Morgan fingerprint density at radius 2 is 2.33 bits per heavy atom. The van der Waals surface area contributed by atoms with Crippen molar-refractivity contribution in [1.82, 2.24) is 5.32 Å². The van der Waals surface area contributed by atoms with Gasteiger partial charge in [0.05, 0.1) is 12.6 Å². The largest absolute Gasteiger partial charge is 0.380 e. The fourth-order valence-corrected chi connectivity index (χ4v) is 3.71. The van der Waals surface area contributed by atoms with Gasteiger partial charge in [-0.05, 0) is 31.5 Å². The summed E-state index contributed by atoms with van der Waals surface area (Å²) in [5.41, 5.74) is 0. The van der Waals surface area contributed by atoms with Gasteiger partial charge in [-0.3, -0.25) is 0 Å². The average molecular weight is 241 g/mol. The number of nitrogens with one attached hydrogen (secondary N) is 1. The lowest BCUT2D eigenvalue weighted by Crippen LogP contribution is -2.20. The molecule has 0 spiro atoms. The van der Waals surface area contributed by atoms with E-state index in [1.807, 2.05) is 25.3 Å². The summed E-state index contributed by atoms with van der Waals surface area (Å²) in [6.07, 6.45) is 0. The van der Waals surface area contributed by atoms with Crippen LogP contribution in [0.4, 0.5) is 0 Å². The maximum Gasteiger partial charge on any atom is 0.0669 e. The molecule has 0 radical (unpaired) electrons. The number of ether oxygens (including phenoxy) is 1. The molecule has 0 saturated carbocycles. The monoisotopic (exact) mass is 241 g/mol. The summed E-state index contributed by atoms with van der Waals surface area (Å²) in [6, 6.07) is 4.78. The van der Waals surface area contributed by atoms with Crippen LogP contribution in [0.25, 0.3) is 9.40 Å². The quantitative estimate of drug-likeness (QED) is 0.867. The molecule has 15 heavy (non-hydrogen) atoms. The molecule has 0 aliphatic carbocycles. The second-order valence-corrected chi connectivity index (χ2v) is 5.36. The molecule has 0 saturated heterocycles. The van der Waals surface area contributed by atoms with E-state index in [9.17, 15) is 0 Å². The SMILES string of the molecule is CCOCC(NC)c1cc2sccc2s1. The van der Waals surface area contributed by atoms with Gasteiger partial charge in [0.1, 0.15) is 0 Å². The van der Waals surface area contributed by atoms with Crippen molar-refractivity contribution in [3.63, 3.8) is 0 Å². The van der Waals surface area contributed by atoms with Gasteiger partial charge in [0.2, 0.25) is 0 Å². The number of thiophene rings is 2. The summed E-state index contributed by atoms with van der Waals surface area (Å²) < 4.78 is 8.22. The number of likely N-dealkylation sites (N-methyl/N-ethyl adjacent to an activating group) is 1. The Labute approximate surface area is 97.9 Å². The number of fused-ring (bicyclic) bond motifs is 1. The van der Waals surface area contributed by atoms with Gasteiger partial charge in [-0.15, -0.1) is 22.7 Å². The third-order valence-electron chi connectivity index (χ3n) is 2.34. The predicted octanol–water partition coefficient (Wildman–Crippen LogP) is 3.26. The molecule has 2 rings (SSSR count). The van der Waals surface area contributed by atoms with Crippen molar-refractivity contribution >= 4 is 32.1 Å². The minimum Gasteiger partial charge on any atom is -0.380 e. The maximum absolute atomic E-state index is 5.46. The highest BCUT2D eigenvalue weighted by Gasteiger charge is 2.12. The zero-order valence-electron chi connectivity index (χ0n) is 8.95. The van der Waals surface area contributed by atoms with Crippen LogP contribution in [0.3, 0.4) is 0 Å². The molecular formula is C11H15NOS2. The molecule has 82 valence electrons. The van der Waals surface area contributed by atoms with E-state index in [1.54, 1.807) is 11.3 Å². The van der Waals surface area contributed by atoms with E-state index in [-0.39, 0.29) is 0 Å². The first-order valence-electron chi connectivity index (χ1n) is 5.07. The van der Waals surface area contributed by atoms with E-state index < -0.39 is 0 Å². The van der Waals surface area contributed by atoms with Gasteiger partial charge < -0.3 is 10.1 Å². The van der Waals surface area contributed by atoms with Crippen LogP contribution in [0.1, 0.15) is 17.8 Å². The minimum absolute atomic E-state index is 0.328. The fourth-order valence-electron chi connectivity index (χ4n) is 1.50. The van der Waals surface area contributed by atoms with Gasteiger partial charge in [-0.25, -0.2) is 0 Å². The molecule has 0 aromatic carbocycles. The van der Waals surface area contributed by atoms with Gasteiger partial charge in [-0.2, -0.15) is 0 Å². The second kappa shape index (κ2) is 5.07. The van der Waals surface area contributed by atoms with Crippen molar-refractivity contribution in [1.29, 1.82) is 0 Å². The first-order valence-corrected chi connectivity index (χ1v) is 6.76. The van der Waals surface area contributed by atoms with Crippen molar-refractivity contribution in [3.05, 3.63) is 22.4 Å². The molecule has 1 N–H and O–H groups in total.